The van der Waals surface area contributed by atoms with Crippen LogP contribution in [0.3, 0.4) is 0 Å². The van der Waals surface area contributed by atoms with Crippen LogP contribution in [0.1, 0.15) is 48.1 Å². The molecule has 0 heterocycles. The fraction of sp³-hybridized carbons (Fsp3) is 0.350. The Morgan fingerprint density at radius 3 is 2.48 bits per heavy atom. The van der Waals surface area contributed by atoms with Crippen molar-refractivity contribution in [3.8, 4) is 5.75 Å². The second-order valence-corrected chi connectivity index (χ2v) is 8.34. The standard InChI is InChI=1S/C20H24N2O4S/c1-3-19(14-7-11-17(26-2)12-8-14)21-20(23)15-5-4-6-18(13-15)27(24,25)22-16-9-10-16/h4-8,11-13,16,19,22H,3,9-10H2,1-2H3,(H,21,23). The minimum atomic E-state index is -3.59. The summed E-state index contributed by atoms with van der Waals surface area (Å²) in [7, 11) is -1.99. The predicted octanol–water partition coefficient (Wildman–Crippen LogP) is 3.02. The Labute approximate surface area is 160 Å². The Morgan fingerprint density at radius 2 is 1.89 bits per heavy atom. The lowest BCUT2D eigenvalue weighted by atomic mass is 10.0. The Balaban J connectivity index is 1.75. The molecule has 0 spiro atoms. The largest absolute Gasteiger partial charge is 0.497 e. The van der Waals surface area contributed by atoms with E-state index < -0.39 is 10.0 Å². The first kappa shape index (κ1) is 19.4. The highest BCUT2D eigenvalue weighted by Gasteiger charge is 2.28. The van der Waals surface area contributed by atoms with E-state index in [0.717, 1.165) is 24.2 Å². The molecular formula is C20H24N2O4S. The van der Waals surface area contributed by atoms with Crippen molar-refractivity contribution in [2.45, 2.75) is 43.2 Å². The molecular weight excluding hydrogens is 364 g/mol. The molecule has 27 heavy (non-hydrogen) atoms. The lowest BCUT2D eigenvalue weighted by Gasteiger charge is -2.18. The van der Waals surface area contributed by atoms with Gasteiger partial charge in [0.1, 0.15) is 5.75 Å². The molecule has 1 aliphatic rings. The Bertz CT molecular complexity index is 906. The molecule has 0 bridgehead atoms. The topological polar surface area (TPSA) is 84.5 Å². The molecule has 0 aliphatic heterocycles. The molecule has 0 radical (unpaired) electrons. The first-order chi connectivity index (χ1) is 12.9. The summed E-state index contributed by atoms with van der Waals surface area (Å²) in [5.74, 6) is 0.446. The summed E-state index contributed by atoms with van der Waals surface area (Å²) in [5, 5.41) is 2.97. The van der Waals surface area contributed by atoms with Crippen molar-refractivity contribution >= 4 is 15.9 Å². The number of amides is 1. The van der Waals surface area contributed by atoms with Gasteiger partial charge in [-0.3, -0.25) is 4.79 Å². The third-order valence-corrected chi connectivity index (χ3v) is 6.06. The molecule has 7 heteroatoms. The van der Waals surface area contributed by atoms with Crippen molar-refractivity contribution in [2.75, 3.05) is 7.11 Å². The van der Waals surface area contributed by atoms with Crippen LogP contribution in [0.5, 0.6) is 5.75 Å². The van der Waals surface area contributed by atoms with E-state index in [0.29, 0.717) is 12.0 Å². The zero-order valence-corrected chi connectivity index (χ0v) is 16.3. The number of hydrogen-bond donors (Lipinski definition) is 2. The predicted molar refractivity (Wildman–Crippen MR) is 103 cm³/mol. The first-order valence-electron chi connectivity index (χ1n) is 9.00. The van der Waals surface area contributed by atoms with Crippen molar-refractivity contribution in [3.63, 3.8) is 0 Å². The van der Waals surface area contributed by atoms with Crippen molar-refractivity contribution in [2.24, 2.45) is 0 Å². The highest BCUT2D eigenvalue weighted by Crippen LogP contribution is 2.23. The summed E-state index contributed by atoms with van der Waals surface area (Å²) in [6.45, 7) is 1.98. The number of rotatable bonds is 8. The lowest BCUT2D eigenvalue weighted by Crippen LogP contribution is -2.29. The highest BCUT2D eigenvalue weighted by atomic mass is 32.2. The van der Waals surface area contributed by atoms with Gasteiger partial charge in [0.2, 0.25) is 10.0 Å². The third-order valence-electron chi connectivity index (χ3n) is 4.54. The average molecular weight is 388 g/mol. The van der Waals surface area contributed by atoms with Gasteiger partial charge < -0.3 is 10.1 Å². The molecule has 0 saturated heterocycles. The maximum absolute atomic E-state index is 12.7. The fourth-order valence-electron chi connectivity index (χ4n) is 2.79. The van der Waals surface area contributed by atoms with Crippen molar-refractivity contribution in [3.05, 3.63) is 59.7 Å². The Hall–Kier alpha value is -2.38. The zero-order chi connectivity index (χ0) is 19.4. The number of carbonyl (C=O) groups excluding carboxylic acids is 1. The molecule has 144 valence electrons. The third kappa shape index (κ3) is 4.87. The molecule has 2 aromatic rings. The van der Waals surface area contributed by atoms with Crippen molar-refractivity contribution < 1.29 is 17.9 Å². The molecule has 0 aromatic heterocycles. The SMILES string of the molecule is CCC(NC(=O)c1cccc(S(=O)(=O)NC2CC2)c1)c1ccc(OC)cc1. The summed E-state index contributed by atoms with van der Waals surface area (Å²) in [4.78, 5) is 12.8. The molecule has 2 N–H and O–H groups in total. The number of ether oxygens (including phenoxy) is 1. The second kappa shape index (κ2) is 8.10. The van der Waals surface area contributed by atoms with Gasteiger partial charge >= 0.3 is 0 Å². The molecule has 1 atom stereocenters. The number of nitrogens with one attached hydrogen (secondary N) is 2. The van der Waals surface area contributed by atoms with Gasteiger partial charge in [0, 0.05) is 11.6 Å². The number of sulfonamides is 1. The molecule has 1 aliphatic carbocycles. The van der Waals surface area contributed by atoms with Crippen LogP contribution in [-0.4, -0.2) is 27.5 Å². The molecule has 1 fully saturated rings. The van der Waals surface area contributed by atoms with Gasteiger partial charge in [-0.15, -0.1) is 0 Å². The number of benzene rings is 2. The fourth-order valence-corrected chi connectivity index (χ4v) is 4.14. The van der Waals surface area contributed by atoms with Crippen LogP contribution in [0.4, 0.5) is 0 Å². The molecule has 1 unspecified atom stereocenters. The number of hydrogen-bond acceptors (Lipinski definition) is 4. The number of methoxy groups -OCH3 is 1. The van der Waals surface area contributed by atoms with E-state index in [4.69, 9.17) is 4.74 Å². The molecule has 3 rings (SSSR count). The van der Waals surface area contributed by atoms with Gasteiger partial charge in [-0.05, 0) is 55.2 Å². The smallest absolute Gasteiger partial charge is 0.251 e. The summed E-state index contributed by atoms with van der Waals surface area (Å²) >= 11 is 0. The van der Waals surface area contributed by atoms with Gasteiger partial charge in [-0.2, -0.15) is 0 Å². The highest BCUT2D eigenvalue weighted by molar-refractivity contribution is 7.89. The van der Waals surface area contributed by atoms with Crippen LogP contribution in [0.15, 0.2) is 53.4 Å². The average Bonchev–Trinajstić information content (AvgIpc) is 3.49. The molecule has 2 aromatic carbocycles. The minimum Gasteiger partial charge on any atom is -0.497 e. The van der Waals surface area contributed by atoms with E-state index in [9.17, 15) is 13.2 Å². The zero-order valence-electron chi connectivity index (χ0n) is 15.4. The first-order valence-corrected chi connectivity index (χ1v) is 10.5. The van der Waals surface area contributed by atoms with Crippen LogP contribution in [0.2, 0.25) is 0 Å². The van der Waals surface area contributed by atoms with Crippen LogP contribution < -0.4 is 14.8 Å². The van der Waals surface area contributed by atoms with E-state index in [-0.39, 0.29) is 22.9 Å². The van der Waals surface area contributed by atoms with Gasteiger partial charge in [0.15, 0.2) is 0 Å². The minimum absolute atomic E-state index is 0.0204. The second-order valence-electron chi connectivity index (χ2n) is 6.63. The van der Waals surface area contributed by atoms with Crippen LogP contribution in [0, 0.1) is 0 Å². The molecule has 1 saturated carbocycles. The summed E-state index contributed by atoms with van der Waals surface area (Å²) < 4.78 is 32.5. The lowest BCUT2D eigenvalue weighted by molar-refractivity contribution is 0.0935. The molecule has 6 nitrogen and oxygen atoms in total. The molecule has 1 amide bonds. The van der Waals surface area contributed by atoms with Crippen LogP contribution >= 0.6 is 0 Å². The summed E-state index contributed by atoms with van der Waals surface area (Å²) in [6.07, 6.45) is 2.43. The van der Waals surface area contributed by atoms with E-state index in [1.807, 2.05) is 31.2 Å². The van der Waals surface area contributed by atoms with E-state index in [2.05, 4.69) is 10.0 Å². The number of carbonyl (C=O) groups is 1. The van der Waals surface area contributed by atoms with Crippen molar-refractivity contribution in [1.82, 2.24) is 10.0 Å². The normalized spacial score (nSPS) is 15.2. The van der Waals surface area contributed by atoms with Gasteiger partial charge in [0.25, 0.3) is 5.91 Å². The van der Waals surface area contributed by atoms with Gasteiger partial charge in [-0.1, -0.05) is 25.1 Å². The quantitative estimate of drug-likeness (QED) is 0.728. The Kier molecular flexibility index (Phi) is 5.82. The van der Waals surface area contributed by atoms with E-state index in [1.54, 1.807) is 19.2 Å². The van der Waals surface area contributed by atoms with Crippen LogP contribution in [0.25, 0.3) is 0 Å². The summed E-state index contributed by atoms with van der Waals surface area (Å²) in [5.41, 5.74) is 1.28. The van der Waals surface area contributed by atoms with E-state index in [1.165, 1.54) is 12.1 Å². The van der Waals surface area contributed by atoms with Gasteiger partial charge in [0.05, 0.1) is 18.0 Å². The van der Waals surface area contributed by atoms with Crippen molar-refractivity contribution in [1.29, 1.82) is 0 Å². The van der Waals surface area contributed by atoms with Gasteiger partial charge in [-0.25, -0.2) is 13.1 Å². The monoisotopic (exact) mass is 388 g/mol. The van der Waals surface area contributed by atoms with E-state index >= 15 is 0 Å². The van der Waals surface area contributed by atoms with Crippen LogP contribution in [-0.2, 0) is 10.0 Å². The summed E-state index contributed by atoms with van der Waals surface area (Å²) in [6, 6.07) is 13.5. The Morgan fingerprint density at radius 1 is 1.19 bits per heavy atom. The maximum atomic E-state index is 12.7. The maximum Gasteiger partial charge on any atom is 0.251 e.